The van der Waals surface area contributed by atoms with Gasteiger partial charge >= 0.3 is 0 Å². The number of hydrogen-bond acceptors (Lipinski definition) is 4. The molecule has 1 aliphatic heterocycles. The SMILES string of the molecule is CCN(C(=O)[C@H]1CCC(=O)N1S(=O)(=O)c1ccc(C)cc1)c1ccccc1. The number of benzene rings is 2. The molecule has 1 atom stereocenters. The van der Waals surface area contributed by atoms with E-state index in [0.717, 1.165) is 9.87 Å². The van der Waals surface area contributed by atoms with Crippen molar-refractivity contribution in [3.8, 4) is 0 Å². The molecule has 0 unspecified atom stereocenters. The number of hydrogen-bond donors (Lipinski definition) is 0. The lowest BCUT2D eigenvalue weighted by Gasteiger charge is -2.29. The summed E-state index contributed by atoms with van der Waals surface area (Å²) < 4.78 is 26.9. The first kappa shape index (κ1) is 19.1. The summed E-state index contributed by atoms with van der Waals surface area (Å²) in [4.78, 5) is 27.1. The monoisotopic (exact) mass is 386 g/mol. The van der Waals surface area contributed by atoms with Crippen LogP contribution in [-0.4, -0.2) is 37.1 Å². The van der Waals surface area contributed by atoms with Gasteiger partial charge in [-0.3, -0.25) is 9.59 Å². The van der Waals surface area contributed by atoms with Gasteiger partial charge < -0.3 is 4.90 Å². The molecule has 142 valence electrons. The number of nitrogens with zero attached hydrogens (tertiary/aromatic N) is 2. The molecule has 0 N–H and O–H groups in total. The van der Waals surface area contributed by atoms with Crippen molar-refractivity contribution in [1.29, 1.82) is 0 Å². The predicted octanol–water partition coefficient (Wildman–Crippen LogP) is 2.73. The lowest BCUT2D eigenvalue weighted by atomic mass is 10.2. The average Bonchev–Trinajstić information content (AvgIpc) is 3.06. The fourth-order valence-corrected chi connectivity index (χ4v) is 4.86. The van der Waals surface area contributed by atoms with Crippen molar-refractivity contribution in [3.63, 3.8) is 0 Å². The molecule has 0 spiro atoms. The third-order valence-electron chi connectivity index (χ3n) is 4.67. The van der Waals surface area contributed by atoms with Crippen LogP contribution >= 0.6 is 0 Å². The van der Waals surface area contributed by atoms with Gasteiger partial charge in [0.25, 0.3) is 15.9 Å². The van der Waals surface area contributed by atoms with Crippen molar-refractivity contribution < 1.29 is 18.0 Å². The molecule has 2 aromatic carbocycles. The summed E-state index contributed by atoms with van der Waals surface area (Å²) in [7, 11) is -4.09. The highest BCUT2D eigenvalue weighted by molar-refractivity contribution is 7.89. The summed E-state index contributed by atoms with van der Waals surface area (Å²) in [5.41, 5.74) is 1.59. The van der Waals surface area contributed by atoms with Crippen LogP contribution in [0.5, 0.6) is 0 Å². The standard InChI is InChI=1S/C20H22N2O4S/c1-3-21(16-7-5-4-6-8-16)20(24)18-13-14-19(23)22(18)27(25,26)17-11-9-15(2)10-12-17/h4-12,18H,3,13-14H2,1-2H3/t18-/m1/s1. The van der Waals surface area contributed by atoms with E-state index in [9.17, 15) is 18.0 Å². The Kier molecular flexibility index (Phi) is 5.32. The normalized spacial score (nSPS) is 17.2. The summed E-state index contributed by atoms with van der Waals surface area (Å²) in [5, 5.41) is 0. The minimum absolute atomic E-state index is 0.0175. The number of amides is 2. The summed E-state index contributed by atoms with van der Waals surface area (Å²) in [5.74, 6) is -0.928. The summed E-state index contributed by atoms with van der Waals surface area (Å²) in [6.07, 6.45) is 0.222. The third-order valence-corrected chi connectivity index (χ3v) is 6.52. The van der Waals surface area contributed by atoms with Gasteiger partial charge in [-0.05, 0) is 44.5 Å². The van der Waals surface area contributed by atoms with E-state index in [4.69, 9.17) is 0 Å². The Morgan fingerprint density at radius 3 is 2.33 bits per heavy atom. The van der Waals surface area contributed by atoms with Gasteiger partial charge in [0, 0.05) is 18.7 Å². The minimum Gasteiger partial charge on any atom is -0.311 e. The number of sulfonamides is 1. The average molecular weight is 386 g/mol. The zero-order valence-corrected chi connectivity index (χ0v) is 16.1. The Bertz CT molecular complexity index is 940. The quantitative estimate of drug-likeness (QED) is 0.792. The van der Waals surface area contributed by atoms with Gasteiger partial charge in [0.05, 0.1) is 4.90 Å². The molecule has 1 heterocycles. The number of carbonyl (C=O) groups excluding carboxylic acids is 2. The maximum absolute atomic E-state index is 13.1. The van der Waals surface area contributed by atoms with Crippen LogP contribution in [0.25, 0.3) is 0 Å². The summed E-state index contributed by atoms with van der Waals surface area (Å²) in [6.45, 7) is 4.05. The van der Waals surface area contributed by atoms with E-state index in [1.807, 2.05) is 32.0 Å². The first-order chi connectivity index (χ1) is 12.9. The van der Waals surface area contributed by atoms with Gasteiger partial charge in [0.15, 0.2) is 0 Å². The topological polar surface area (TPSA) is 74.8 Å². The Labute approximate surface area is 159 Å². The minimum atomic E-state index is -4.09. The molecule has 0 saturated carbocycles. The maximum Gasteiger partial charge on any atom is 0.267 e. The molecule has 3 rings (SSSR count). The zero-order valence-electron chi connectivity index (χ0n) is 15.3. The maximum atomic E-state index is 13.1. The first-order valence-electron chi connectivity index (χ1n) is 8.86. The first-order valence-corrected chi connectivity index (χ1v) is 10.3. The molecule has 27 heavy (non-hydrogen) atoms. The molecule has 0 radical (unpaired) electrons. The molecule has 0 aromatic heterocycles. The second-order valence-corrected chi connectivity index (χ2v) is 8.30. The predicted molar refractivity (Wildman–Crippen MR) is 103 cm³/mol. The molecule has 2 amide bonds. The highest BCUT2D eigenvalue weighted by Crippen LogP contribution is 2.29. The zero-order chi connectivity index (χ0) is 19.6. The largest absolute Gasteiger partial charge is 0.311 e. The molecule has 0 bridgehead atoms. The summed E-state index contributed by atoms with van der Waals surface area (Å²) in [6, 6.07) is 14.3. The Morgan fingerprint density at radius 1 is 1.11 bits per heavy atom. The van der Waals surface area contributed by atoms with Crippen LogP contribution in [0.3, 0.4) is 0 Å². The molecule has 1 aliphatic rings. The van der Waals surface area contributed by atoms with Gasteiger partial charge in [-0.15, -0.1) is 0 Å². The van der Waals surface area contributed by atoms with E-state index in [2.05, 4.69) is 0 Å². The van der Waals surface area contributed by atoms with Crippen LogP contribution in [0.4, 0.5) is 5.69 Å². The van der Waals surface area contributed by atoms with Crippen LogP contribution in [0.15, 0.2) is 59.5 Å². The van der Waals surface area contributed by atoms with E-state index in [-0.39, 0.29) is 23.6 Å². The molecule has 1 fully saturated rings. The number of likely N-dealkylation sites (N-methyl/N-ethyl adjacent to an activating group) is 1. The lowest BCUT2D eigenvalue weighted by Crippen LogP contribution is -2.49. The van der Waals surface area contributed by atoms with E-state index in [1.54, 1.807) is 24.3 Å². The molecular formula is C20H22N2O4S. The third kappa shape index (κ3) is 3.60. The molecule has 2 aromatic rings. The van der Waals surface area contributed by atoms with Crippen molar-refractivity contribution >= 4 is 27.5 Å². The number of aryl methyl sites for hydroxylation is 1. The van der Waals surface area contributed by atoms with Gasteiger partial charge in [-0.25, -0.2) is 12.7 Å². The van der Waals surface area contributed by atoms with Gasteiger partial charge in [-0.1, -0.05) is 35.9 Å². The van der Waals surface area contributed by atoms with Crippen LogP contribution in [0, 0.1) is 6.92 Å². The number of carbonyl (C=O) groups is 2. The van der Waals surface area contributed by atoms with Crippen molar-refractivity contribution in [3.05, 3.63) is 60.2 Å². The fraction of sp³-hybridized carbons (Fsp3) is 0.300. The number of rotatable bonds is 5. The van der Waals surface area contributed by atoms with Crippen LogP contribution in [-0.2, 0) is 19.6 Å². The number of para-hydroxylation sites is 1. The Morgan fingerprint density at radius 2 is 1.74 bits per heavy atom. The smallest absolute Gasteiger partial charge is 0.267 e. The highest BCUT2D eigenvalue weighted by atomic mass is 32.2. The Hall–Kier alpha value is -2.67. The second kappa shape index (κ2) is 7.52. The van der Waals surface area contributed by atoms with Gasteiger partial charge in [0.1, 0.15) is 6.04 Å². The van der Waals surface area contributed by atoms with Crippen LogP contribution < -0.4 is 4.90 Å². The van der Waals surface area contributed by atoms with E-state index in [0.29, 0.717) is 12.2 Å². The lowest BCUT2D eigenvalue weighted by molar-refractivity contribution is -0.129. The second-order valence-electron chi connectivity index (χ2n) is 6.48. The van der Waals surface area contributed by atoms with Crippen molar-refractivity contribution in [2.45, 2.75) is 37.6 Å². The summed E-state index contributed by atoms with van der Waals surface area (Å²) >= 11 is 0. The van der Waals surface area contributed by atoms with Crippen molar-refractivity contribution in [2.24, 2.45) is 0 Å². The molecule has 7 heteroatoms. The van der Waals surface area contributed by atoms with Gasteiger partial charge in [-0.2, -0.15) is 0 Å². The van der Waals surface area contributed by atoms with Crippen LogP contribution in [0.2, 0.25) is 0 Å². The van der Waals surface area contributed by atoms with E-state index in [1.165, 1.54) is 17.0 Å². The van der Waals surface area contributed by atoms with E-state index < -0.39 is 22.0 Å². The highest BCUT2D eigenvalue weighted by Gasteiger charge is 2.45. The van der Waals surface area contributed by atoms with E-state index >= 15 is 0 Å². The van der Waals surface area contributed by atoms with Crippen LogP contribution in [0.1, 0.15) is 25.3 Å². The van der Waals surface area contributed by atoms with Crippen molar-refractivity contribution in [1.82, 2.24) is 4.31 Å². The molecule has 0 aliphatic carbocycles. The molecular weight excluding hydrogens is 364 g/mol. The van der Waals surface area contributed by atoms with Crippen molar-refractivity contribution in [2.75, 3.05) is 11.4 Å². The molecule has 1 saturated heterocycles. The fourth-order valence-electron chi connectivity index (χ4n) is 3.26. The van der Waals surface area contributed by atoms with Gasteiger partial charge in [0.2, 0.25) is 5.91 Å². The molecule has 6 nitrogen and oxygen atoms in total. The number of anilines is 1. The Balaban J connectivity index is 1.96.